The Morgan fingerprint density at radius 3 is 2.58 bits per heavy atom. The molecule has 0 bridgehead atoms. The van der Waals surface area contributed by atoms with Crippen molar-refractivity contribution in [2.75, 3.05) is 0 Å². The quantitative estimate of drug-likeness (QED) is 0.331. The summed E-state index contributed by atoms with van der Waals surface area (Å²) in [5, 5.41) is 5.30. The molecule has 7 heteroatoms. The SMILES string of the molecule is CC(C)(C)[S+]([O-])N[C@@H](Cc1ccccn1)c1ccccc1-c1noc2cccc(Br)c12. The summed E-state index contributed by atoms with van der Waals surface area (Å²) < 4.78 is 22.5. The highest BCUT2D eigenvalue weighted by Gasteiger charge is 2.31. The number of hydrogen-bond donors (Lipinski definition) is 1. The van der Waals surface area contributed by atoms with Crippen molar-refractivity contribution in [2.45, 2.75) is 38.0 Å². The van der Waals surface area contributed by atoms with E-state index in [-0.39, 0.29) is 6.04 Å². The van der Waals surface area contributed by atoms with E-state index in [9.17, 15) is 4.55 Å². The summed E-state index contributed by atoms with van der Waals surface area (Å²) in [6.45, 7) is 5.88. The fourth-order valence-electron chi connectivity index (χ4n) is 3.40. The monoisotopic (exact) mass is 497 g/mol. The van der Waals surface area contributed by atoms with Crippen LogP contribution in [-0.2, 0) is 17.8 Å². The maximum Gasteiger partial charge on any atom is 0.168 e. The third-order valence-corrected chi connectivity index (χ3v) is 7.26. The maximum atomic E-state index is 13.0. The number of halogens is 1. The van der Waals surface area contributed by atoms with Crippen LogP contribution in [0.3, 0.4) is 0 Å². The number of pyridine rings is 1. The summed E-state index contributed by atoms with van der Waals surface area (Å²) >= 11 is 2.37. The lowest BCUT2D eigenvalue weighted by Crippen LogP contribution is -2.42. The molecule has 0 saturated carbocycles. The first-order chi connectivity index (χ1) is 14.8. The average Bonchev–Trinajstić information content (AvgIpc) is 3.19. The summed E-state index contributed by atoms with van der Waals surface area (Å²) in [6.07, 6.45) is 2.37. The first kappa shape index (κ1) is 22.0. The van der Waals surface area contributed by atoms with Crippen LogP contribution in [0.25, 0.3) is 22.2 Å². The molecule has 0 amide bonds. The van der Waals surface area contributed by atoms with Gasteiger partial charge in [-0.15, -0.1) is 4.72 Å². The molecular formula is C24H24BrN3O2S. The van der Waals surface area contributed by atoms with E-state index in [1.807, 2.05) is 81.4 Å². The molecule has 1 N–H and O–H groups in total. The van der Waals surface area contributed by atoms with Gasteiger partial charge >= 0.3 is 0 Å². The van der Waals surface area contributed by atoms with E-state index < -0.39 is 16.1 Å². The van der Waals surface area contributed by atoms with Gasteiger partial charge in [0, 0.05) is 39.7 Å². The Morgan fingerprint density at radius 1 is 1.06 bits per heavy atom. The first-order valence-corrected chi connectivity index (χ1v) is 12.0. The second-order valence-corrected chi connectivity index (χ2v) is 11.2. The van der Waals surface area contributed by atoms with Crippen LogP contribution in [0.1, 0.15) is 38.1 Å². The number of rotatable bonds is 6. The normalized spacial score (nSPS) is 14.0. The molecule has 31 heavy (non-hydrogen) atoms. The smallest absolute Gasteiger partial charge is 0.168 e. The van der Waals surface area contributed by atoms with Gasteiger partial charge in [-0.1, -0.05) is 41.6 Å². The van der Waals surface area contributed by atoms with E-state index in [0.717, 1.165) is 32.4 Å². The molecule has 0 spiro atoms. The Morgan fingerprint density at radius 2 is 1.84 bits per heavy atom. The Hall–Kier alpha value is -2.19. The van der Waals surface area contributed by atoms with Crippen LogP contribution in [0.15, 0.2) is 75.9 Å². The molecule has 1 unspecified atom stereocenters. The number of benzene rings is 2. The minimum Gasteiger partial charge on any atom is -0.598 e. The van der Waals surface area contributed by atoms with Gasteiger partial charge in [0.1, 0.15) is 10.4 Å². The van der Waals surface area contributed by atoms with Gasteiger partial charge in [-0.2, -0.15) is 0 Å². The van der Waals surface area contributed by atoms with Crippen LogP contribution in [0.2, 0.25) is 0 Å². The van der Waals surface area contributed by atoms with E-state index in [4.69, 9.17) is 4.52 Å². The lowest BCUT2D eigenvalue weighted by atomic mass is 9.94. The van der Waals surface area contributed by atoms with Gasteiger partial charge in [-0.25, -0.2) is 0 Å². The average molecular weight is 498 g/mol. The number of hydrogen-bond acceptors (Lipinski definition) is 5. The molecular weight excluding hydrogens is 474 g/mol. The second-order valence-electron chi connectivity index (χ2n) is 8.31. The van der Waals surface area contributed by atoms with Crippen molar-refractivity contribution in [2.24, 2.45) is 0 Å². The van der Waals surface area contributed by atoms with Gasteiger partial charge in [0.05, 0.1) is 11.4 Å². The predicted molar refractivity (Wildman–Crippen MR) is 129 cm³/mol. The Labute approximate surface area is 193 Å². The van der Waals surface area contributed by atoms with Crippen molar-refractivity contribution >= 4 is 38.3 Å². The van der Waals surface area contributed by atoms with Gasteiger partial charge in [0.15, 0.2) is 5.58 Å². The molecule has 0 fully saturated rings. The fraction of sp³-hybridized carbons (Fsp3) is 0.250. The van der Waals surface area contributed by atoms with Gasteiger partial charge in [0.25, 0.3) is 0 Å². The van der Waals surface area contributed by atoms with Crippen molar-refractivity contribution in [3.8, 4) is 11.3 Å². The van der Waals surface area contributed by atoms with Gasteiger partial charge in [-0.3, -0.25) is 4.98 Å². The highest BCUT2D eigenvalue weighted by molar-refractivity contribution is 9.10. The molecule has 0 aliphatic carbocycles. The topological polar surface area (TPSA) is 74.0 Å². The lowest BCUT2D eigenvalue weighted by molar-refractivity contribution is 0.459. The molecule has 0 saturated heterocycles. The minimum atomic E-state index is -1.26. The van der Waals surface area contributed by atoms with Crippen molar-refractivity contribution in [1.82, 2.24) is 14.9 Å². The van der Waals surface area contributed by atoms with Gasteiger partial charge in [-0.05, 0) is 66.5 Å². The fourth-order valence-corrected chi connectivity index (χ4v) is 4.76. The van der Waals surface area contributed by atoms with Crippen molar-refractivity contribution in [3.63, 3.8) is 0 Å². The highest BCUT2D eigenvalue weighted by Crippen LogP contribution is 2.37. The molecule has 2 atom stereocenters. The third kappa shape index (κ3) is 4.85. The molecule has 2 aromatic heterocycles. The first-order valence-electron chi connectivity index (χ1n) is 10.1. The van der Waals surface area contributed by atoms with Gasteiger partial charge < -0.3 is 9.08 Å². The number of nitrogens with zero attached hydrogens (tertiary/aromatic N) is 2. The second kappa shape index (κ2) is 9.12. The van der Waals surface area contributed by atoms with Crippen LogP contribution < -0.4 is 4.72 Å². The van der Waals surface area contributed by atoms with E-state index in [0.29, 0.717) is 12.0 Å². The van der Waals surface area contributed by atoms with Crippen molar-refractivity contribution in [3.05, 3.63) is 82.6 Å². The van der Waals surface area contributed by atoms with Crippen molar-refractivity contribution in [1.29, 1.82) is 0 Å². The molecule has 4 aromatic rings. The number of fused-ring (bicyclic) bond motifs is 1. The molecule has 2 heterocycles. The largest absolute Gasteiger partial charge is 0.598 e. The molecule has 0 radical (unpaired) electrons. The zero-order valence-electron chi connectivity index (χ0n) is 17.6. The van der Waals surface area contributed by atoms with Crippen molar-refractivity contribution < 1.29 is 9.08 Å². The van der Waals surface area contributed by atoms with E-state index >= 15 is 0 Å². The Balaban J connectivity index is 1.82. The van der Waals surface area contributed by atoms with E-state index in [2.05, 4.69) is 30.8 Å². The Kier molecular flexibility index (Phi) is 6.48. The molecule has 2 aromatic carbocycles. The zero-order valence-corrected chi connectivity index (χ0v) is 20.0. The summed E-state index contributed by atoms with van der Waals surface area (Å²) in [5.41, 5.74) is 4.33. The molecule has 0 aliphatic heterocycles. The summed E-state index contributed by atoms with van der Waals surface area (Å²) in [5.74, 6) is 0. The van der Waals surface area contributed by atoms with Gasteiger partial charge in [0.2, 0.25) is 0 Å². The van der Waals surface area contributed by atoms with E-state index in [1.54, 1.807) is 6.20 Å². The molecule has 0 aliphatic rings. The van der Waals surface area contributed by atoms with Crippen LogP contribution in [-0.4, -0.2) is 19.4 Å². The zero-order chi connectivity index (χ0) is 22.0. The number of nitrogens with one attached hydrogen (secondary N) is 1. The summed E-state index contributed by atoms with van der Waals surface area (Å²) in [6, 6.07) is 19.5. The highest BCUT2D eigenvalue weighted by atomic mass is 79.9. The lowest BCUT2D eigenvalue weighted by Gasteiger charge is -2.29. The Bertz CT molecular complexity index is 1170. The minimum absolute atomic E-state index is 0.222. The third-order valence-electron chi connectivity index (χ3n) is 4.98. The summed E-state index contributed by atoms with van der Waals surface area (Å²) in [7, 11) is 0. The molecule has 160 valence electrons. The maximum absolute atomic E-state index is 13.0. The van der Waals surface area contributed by atoms with Crippen LogP contribution in [0, 0.1) is 0 Å². The molecule has 5 nitrogen and oxygen atoms in total. The van der Waals surface area contributed by atoms with Crippen LogP contribution in [0.4, 0.5) is 0 Å². The molecule has 4 rings (SSSR count). The predicted octanol–water partition coefficient (Wildman–Crippen LogP) is 5.99. The number of aromatic nitrogens is 2. The van der Waals surface area contributed by atoms with E-state index in [1.165, 1.54) is 0 Å². The van der Waals surface area contributed by atoms with Crippen LogP contribution in [0.5, 0.6) is 0 Å². The summed E-state index contributed by atoms with van der Waals surface area (Å²) in [4.78, 5) is 4.49. The van der Waals surface area contributed by atoms with Crippen LogP contribution >= 0.6 is 15.9 Å². The standard InChI is InChI=1S/C24H24BrN3O2S/c1-24(2,3)31(29)28-20(15-16-9-6-7-14-26-16)17-10-4-5-11-18(17)23-22-19(25)12-8-13-21(22)30-27-23/h4-14,20,28H,15H2,1-3H3/t20-,31?/m0/s1.